The second-order valence-corrected chi connectivity index (χ2v) is 4.31. The minimum absolute atomic E-state index is 0.0637. The molecular formula is C10H13N5O. The third-order valence-corrected chi connectivity index (χ3v) is 3.00. The van der Waals surface area contributed by atoms with Crippen LogP contribution in [-0.4, -0.2) is 38.8 Å². The summed E-state index contributed by atoms with van der Waals surface area (Å²) in [4.78, 5) is 22.2. The van der Waals surface area contributed by atoms with Crippen molar-refractivity contribution in [3.05, 3.63) is 12.4 Å². The Bertz CT molecular complexity index is 464. The van der Waals surface area contributed by atoms with Gasteiger partial charge < -0.3 is 4.90 Å². The quantitative estimate of drug-likeness (QED) is 0.746. The zero-order valence-corrected chi connectivity index (χ0v) is 9.16. The number of anilines is 1. The largest absolute Gasteiger partial charge is 0.337 e. The highest BCUT2D eigenvalue weighted by molar-refractivity contribution is 5.97. The lowest BCUT2D eigenvalue weighted by atomic mass is 10.1. The maximum Gasteiger partial charge on any atom is 0.255 e. The van der Waals surface area contributed by atoms with Crippen LogP contribution in [0.5, 0.6) is 0 Å². The van der Waals surface area contributed by atoms with Gasteiger partial charge in [-0.25, -0.2) is 4.98 Å². The zero-order chi connectivity index (χ0) is 11.3. The van der Waals surface area contributed by atoms with E-state index in [-0.39, 0.29) is 18.1 Å². The van der Waals surface area contributed by atoms with Gasteiger partial charge in [0.05, 0.1) is 6.34 Å². The van der Waals surface area contributed by atoms with E-state index in [1.54, 1.807) is 12.5 Å². The number of aliphatic imine (C=N–C) groups is 1. The standard InChI is InChI=1S/C10H13N5O/c1-6(2)15-5-12-7-8(16)13-10-11-3-4-14(10)9(7)15/h3-7,9H,1-2H3,(H,11,13,16). The van der Waals surface area contributed by atoms with E-state index in [0.29, 0.717) is 12.0 Å². The molecule has 0 saturated carbocycles. The predicted molar refractivity (Wildman–Crippen MR) is 59.1 cm³/mol. The van der Waals surface area contributed by atoms with Crippen LogP contribution < -0.4 is 5.32 Å². The molecule has 6 heteroatoms. The molecule has 2 atom stereocenters. The first kappa shape index (κ1) is 9.38. The molecule has 2 aliphatic heterocycles. The summed E-state index contributed by atoms with van der Waals surface area (Å²) in [5.74, 6) is 0.519. The topological polar surface area (TPSA) is 62.5 Å². The van der Waals surface area contributed by atoms with Crippen molar-refractivity contribution in [3.8, 4) is 0 Å². The summed E-state index contributed by atoms with van der Waals surface area (Å²) in [5, 5.41) is 2.74. The summed E-state index contributed by atoms with van der Waals surface area (Å²) >= 11 is 0. The van der Waals surface area contributed by atoms with Gasteiger partial charge in [-0.2, -0.15) is 0 Å². The molecule has 6 nitrogen and oxygen atoms in total. The number of imidazole rings is 1. The van der Waals surface area contributed by atoms with Crippen LogP contribution in [0.25, 0.3) is 0 Å². The molecule has 1 N–H and O–H groups in total. The summed E-state index contributed by atoms with van der Waals surface area (Å²) in [6, 6.07) is -0.0519. The van der Waals surface area contributed by atoms with Crippen molar-refractivity contribution >= 4 is 18.2 Å². The molecule has 0 radical (unpaired) electrons. The number of rotatable bonds is 1. The highest BCUT2D eigenvalue weighted by Crippen LogP contribution is 2.32. The second kappa shape index (κ2) is 3.07. The zero-order valence-electron chi connectivity index (χ0n) is 9.16. The van der Waals surface area contributed by atoms with E-state index in [0.717, 1.165) is 0 Å². The average Bonchev–Trinajstić information content (AvgIpc) is 2.80. The Hall–Kier alpha value is -1.85. The van der Waals surface area contributed by atoms with Gasteiger partial charge in [0, 0.05) is 18.4 Å². The Kier molecular flexibility index (Phi) is 1.80. The van der Waals surface area contributed by atoms with Gasteiger partial charge in [0.2, 0.25) is 5.95 Å². The molecule has 3 heterocycles. The van der Waals surface area contributed by atoms with Crippen LogP contribution >= 0.6 is 0 Å². The van der Waals surface area contributed by atoms with Crippen molar-refractivity contribution in [1.82, 2.24) is 14.5 Å². The van der Waals surface area contributed by atoms with Crippen LogP contribution in [0.15, 0.2) is 17.4 Å². The molecule has 1 amide bonds. The Morgan fingerprint density at radius 2 is 2.31 bits per heavy atom. The Morgan fingerprint density at radius 1 is 1.50 bits per heavy atom. The van der Waals surface area contributed by atoms with Gasteiger partial charge in [-0.05, 0) is 13.8 Å². The molecular weight excluding hydrogens is 206 g/mol. The number of fused-ring (bicyclic) bond motifs is 3. The molecule has 1 aromatic rings. The highest BCUT2D eigenvalue weighted by atomic mass is 16.2. The molecule has 1 aromatic heterocycles. The van der Waals surface area contributed by atoms with E-state index in [4.69, 9.17) is 0 Å². The summed E-state index contributed by atoms with van der Waals surface area (Å²) in [6.07, 6.45) is 5.26. The van der Waals surface area contributed by atoms with Gasteiger partial charge in [-0.15, -0.1) is 0 Å². The number of carbonyl (C=O) groups is 1. The highest BCUT2D eigenvalue weighted by Gasteiger charge is 2.42. The van der Waals surface area contributed by atoms with Gasteiger partial charge in [-0.3, -0.25) is 19.7 Å². The summed E-state index contributed by atoms with van der Waals surface area (Å²) in [6.45, 7) is 4.16. The van der Waals surface area contributed by atoms with Crippen LogP contribution in [-0.2, 0) is 4.79 Å². The molecule has 16 heavy (non-hydrogen) atoms. The van der Waals surface area contributed by atoms with Crippen molar-refractivity contribution in [1.29, 1.82) is 0 Å². The molecule has 0 spiro atoms. The SMILES string of the molecule is CC(C)N1C=NC2C(=O)Nc3nccn3C21. The number of hydrogen-bond donors (Lipinski definition) is 1. The number of nitrogens with one attached hydrogen (secondary N) is 1. The lowest BCUT2D eigenvalue weighted by Gasteiger charge is -2.34. The van der Waals surface area contributed by atoms with Gasteiger partial charge in [0.15, 0.2) is 6.04 Å². The smallest absolute Gasteiger partial charge is 0.255 e. The molecule has 0 fully saturated rings. The third-order valence-electron chi connectivity index (χ3n) is 3.00. The number of amides is 1. The van der Waals surface area contributed by atoms with Crippen LogP contribution in [0, 0.1) is 0 Å². The maximum absolute atomic E-state index is 11.8. The van der Waals surface area contributed by atoms with E-state index < -0.39 is 0 Å². The Morgan fingerprint density at radius 3 is 3.06 bits per heavy atom. The van der Waals surface area contributed by atoms with Crippen LogP contribution in [0.3, 0.4) is 0 Å². The average molecular weight is 219 g/mol. The lowest BCUT2D eigenvalue weighted by Crippen LogP contribution is -2.46. The summed E-state index contributed by atoms with van der Waals surface area (Å²) in [7, 11) is 0. The normalized spacial score (nSPS) is 26.9. The molecule has 2 aliphatic rings. The molecule has 0 bridgehead atoms. The maximum atomic E-state index is 11.8. The monoisotopic (exact) mass is 219 g/mol. The molecule has 0 saturated heterocycles. The Balaban J connectivity index is 2.07. The van der Waals surface area contributed by atoms with Crippen LogP contribution in [0.4, 0.5) is 5.95 Å². The summed E-state index contributed by atoms with van der Waals surface area (Å²) in [5.41, 5.74) is 0. The van der Waals surface area contributed by atoms with Crippen molar-refractivity contribution in [2.75, 3.05) is 5.32 Å². The first-order chi connectivity index (χ1) is 7.68. The van der Waals surface area contributed by atoms with Crippen LogP contribution in [0.1, 0.15) is 20.0 Å². The summed E-state index contributed by atoms with van der Waals surface area (Å²) < 4.78 is 1.96. The Labute approximate surface area is 93.0 Å². The molecule has 84 valence electrons. The molecule has 0 aromatic carbocycles. The number of aromatic nitrogens is 2. The minimum Gasteiger partial charge on any atom is -0.337 e. The number of hydrogen-bond acceptors (Lipinski definition) is 4. The van der Waals surface area contributed by atoms with Crippen molar-refractivity contribution < 1.29 is 4.79 Å². The van der Waals surface area contributed by atoms with E-state index in [2.05, 4.69) is 34.0 Å². The van der Waals surface area contributed by atoms with E-state index in [1.165, 1.54) is 0 Å². The molecule has 3 rings (SSSR count). The second-order valence-electron chi connectivity index (χ2n) is 4.31. The van der Waals surface area contributed by atoms with Gasteiger partial charge in [-0.1, -0.05) is 0 Å². The van der Waals surface area contributed by atoms with Crippen molar-refractivity contribution in [3.63, 3.8) is 0 Å². The van der Waals surface area contributed by atoms with Gasteiger partial charge in [0.25, 0.3) is 5.91 Å². The van der Waals surface area contributed by atoms with Gasteiger partial charge in [0.1, 0.15) is 6.17 Å². The van der Waals surface area contributed by atoms with E-state index in [9.17, 15) is 4.79 Å². The fourth-order valence-corrected chi connectivity index (χ4v) is 2.20. The van der Waals surface area contributed by atoms with Crippen LogP contribution in [0.2, 0.25) is 0 Å². The number of carbonyl (C=O) groups excluding carboxylic acids is 1. The van der Waals surface area contributed by atoms with Gasteiger partial charge >= 0.3 is 0 Å². The lowest BCUT2D eigenvalue weighted by molar-refractivity contribution is -0.119. The predicted octanol–water partition coefficient (Wildman–Crippen LogP) is 0.455. The fraction of sp³-hybridized carbons (Fsp3) is 0.500. The van der Waals surface area contributed by atoms with Crippen molar-refractivity contribution in [2.24, 2.45) is 4.99 Å². The third kappa shape index (κ3) is 1.09. The molecule has 0 aliphatic carbocycles. The van der Waals surface area contributed by atoms with Crippen molar-refractivity contribution in [2.45, 2.75) is 32.1 Å². The minimum atomic E-state index is -0.357. The van der Waals surface area contributed by atoms with E-state index >= 15 is 0 Å². The first-order valence-electron chi connectivity index (χ1n) is 5.33. The molecule has 2 unspecified atom stereocenters. The first-order valence-corrected chi connectivity index (χ1v) is 5.33. The van der Waals surface area contributed by atoms with E-state index in [1.807, 2.05) is 10.8 Å². The number of nitrogens with zero attached hydrogens (tertiary/aromatic N) is 4. The fourth-order valence-electron chi connectivity index (χ4n) is 2.20.